The molecule has 3 heteroatoms. The molecule has 0 aromatic carbocycles. The van der Waals surface area contributed by atoms with Gasteiger partial charge in [0.2, 0.25) is 0 Å². The standard InChI is InChI=1S/C7H12O3/c1-4-5(2)10-6(3-8)7(4)9/h5-9H,1,3H2,2H3/t5-,6+,7-/m0/s1. The topological polar surface area (TPSA) is 49.7 Å². The summed E-state index contributed by atoms with van der Waals surface area (Å²) in [5.74, 6) is 0. The molecule has 0 spiro atoms. The quantitative estimate of drug-likeness (QED) is 0.496. The van der Waals surface area contributed by atoms with Gasteiger partial charge in [-0.1, -0.05) is 6.58 Å². The van der Waals surface area contributed by atoms with Crippen molar-refractivity contribution in [1.29, 1.82) is 0 Å². The third-order valence-electron chi connectivity index (χ3n) is 1.81. The van der Waals surface area contributed by atoms with E-state index in [1.807, 2.05) is 0 Å². The van der Waals surface area contributed by atoms with E-state index >= 15 is 0 Å². The lowest BCUT2D eigenvalue weighted by Gasteiger charge is -2.08. The van der Waals surface area contributed by atoms with Gasteiger partial charge in [-0.3, -0.25) is 0 Å². The highest BCUT2D eigenvalue weighted by atomic mass is 16.5. The lowest BCUT2D eigenvalue weighted by molar-refractivity contribution is -0.0170. The molecule has 3 atom stereocenters. The van der Waals surface area contributed by atoms with Crippen LogP contribution < -0.4 is 0 Å². The van der Waals surface area contributed by atoms with Crippen LogP contribution in [-0.4, -0.2) is 35.1 Å². The maximum Gasteiger partial charge on any atom is 0.111 e. The average molecular weight is 144 g/mol. The maximum atomic E-state index is 9.24. The summed E-state index contributed by atoms with van der Waals surface area (Å²) in [6.07, 6.45) is -1.30. The highest BCUT2D eigenvalue weighted by Gasteiger charge is 2.33. The van der Waals surface area contributed by atoms with Crippen LogP contribution in [0, 0.1) is 0 Å². The number of aliphatic hydroxyl groups is 2. The molecule has 0 aromatic rings. The molecule has 0 bridgehead atoms. The zero-order chi connectivity index (χ0) is 7.72. The highest BCUT2D eigenvalue weighted by Crippen LogP contribution is 2.23. The van der Waals surface area contributed by atoms with Gasteiger partial charge in [0, 0.05) is 0 Å². The van der Waals surface area contributed by atoms with Crippen molar-refractivity contribution in [3.05, 3.63) is 12.2 Å². The van der Waals surface area contributed by atoms with Crippen LogP contribution in [0.3, 0.4) is 0 Å². The SMILES string of the molecule is C=C1[C@H](C)O[C@H](CO)[C@H]1O. The summed E-state index contributed by atoms with van der Waals surface area (Å²) in [7, 11) is 0. The summed E-state index contributed by atoms with van der Waals surface area (Å²) in [6.45, 7) is 5.29. The van der Waals surface area contributed by atoms with Gasteiger partial charge in [-0.05, 0) is 12.5 Å². The maximum absolute atomic E-state index is 9.24. The molecule has 1 fully saturated rings. The Kier molecular flexibility index (Phi) is 2.08. The van der Waals surface area contributed by atoms with Gasteiger partial charge in [-0.15, -0.1) is 0 Å². The lowest BCUT2D eigenvalue weighted by atomic mass is 10.1. The van der Waals surface area contributed by atoms with E-state index in [1.54, 1.807) is 6.92 Å². The van der Waals surface area contributed by atoms with E-state index in [1.165, 1.54) is 0 Å². The molecule has 0 aliphatic carbocycles. The number of hydrogen-bond donors (Lipinski definition) is 2. The predicted molar refractivity (Wildman–Crippen MR) is 36.6 cm³/mol. The number of aliphatic hydroxyl groups excluding tert-OH is 2. The number of ether oxygens (including phenoxy) is 1. The molecule has 0 unspecified atom stereocenters. The van der Waals surface area contributed by atoms with Crippen LogP contribution in [0.2, 0.25) is 0 Å². The molecule has 1 aliphatic heterocycles. The fourth-order valence-corrected chi connectivity index (χ4v) is 1.05. The first-order valence-corrected chi connectivity index (χ1v) is 3.30. The molecule has 1 heterocycles. The van der Waals surface area contributed by atoms with Crippen LogP contribution >= 0.6 is 0 Å². The molecular formula is C7H12O3. The van der Waals surface area contributed by atoms with Gasteiger partial charge in [-0.2, -0.15) is 0 Å². The van der Waals surface area contributed by atoms with Gasteiger partial charge < -0.3 is 14.9 Å². The van der Waals surface area contributed by atoms with E-state index in [-0.39, 0.29) is 12.7 Å². The van der Waals surface area contributed by atoms with E-state index in [9.17, 15) is 5.11 Å². The van der Waals surface area contributed by atoms with Crippen molar-refractivity contribution in [3.8, 4) is 0 Å². The molecule has 1 rings (SSSR count). The van der Waals surface area contributed by atoms with Crippen molar-refractivity contribution in [1.82, 2.24) is 0 Å². The van der Waals surface area contributed by atoms with Gasteiger partial charge in [0.25, 0.3) is 0 Å². The van der Waals surface area contributed by atoms with Crippen LogP contribution in [0.4, 0.5) is 0 Å². The molecule has 58 valence electrons. The van der Waals surface area contributed by atoms with Gasteiger partial charge >= 0.3 is 0 Å². The molecule has 0 radical (unpaired) electrons. The zero-order valence-corrected chi connectivity index (χ0v) is 5.95. The smallest absolute Gasteiger partial charge is 0.111 e. The molecule has 0 saturated carbocycles. The van der Waals surface area contributed by atoms with Crippen LogP contribution in [0.25, 0.3) is 0 Å². The van der Waals surface area contributed by atoms with E-state index in [0.717, 1.165) is 0 Å². The summed E-state index contributed by atoms with van der Waals surface area (Å²) in [6, 6.07) is 0. The summed E-state index contributed by atoms with van der Waals surface area (Å²) < 4.78 is 5.14. The monoisotopic (exact) mass is 144 g/mol. The van der Waals surface area contributed by atoms with Gasteiger partial charge in [0.15, 0.2) is 0 Å². The Morgan fingerprint density at radius 2 is 2.30 bits per heavy atom. The Morgan fingerprint density at radius 1 is 1.70 bits per heavy atom. The molecular weight excluding hydrogens is 132 g/mol. The second-order valence-electron chi connectivity index (χ2n) is 2.52. The van der Waals surface area contributed by atoms with E-state index in [2.05, 4.69) is 6.58 Å². The molecule has 0 amide bonds. The van der Waals surface area contributed by atoms with Gasteiger partial charge in [0.05, 0.1) is 12.7 Å². The van der Waals surface area contributed by atoms with Crippen LogP contribution in [-0.2, 0) is 4.74 Å². The van der Waals surface area contributed by atoms with Crippen molar-refractivity contribution < 1.29 is 14.9 Å². The normalized spacial score (nSPS) is 40.7. The molecule has 0 aromatic heterocycles. The second-order valence-corrected chi connectivity index (χ2v) is 2.52. The summed E-state index contributed by atoms with van der Waals surface area (Å²) in [5.41, 5.74) is 0.652. The van der Waals surface area contributed by atoms with Crippen molar-refractivity contribution >= 4 is 0 Å². The van der Waals surface area contributed by atoms with Crippen LogP contribution in [0.5, 0.6) is 0 Å². The molecule has 3 nitrogen and oxygen atoms in total. The Labute approximate surface area is 59.9 Å². The first kappa shape index (κ1) is 7.72. The lowest BCUT2D eigenvalue weighted by Crippen LogP contribution is -2.25. The minimum absolute atomic E-state index is 0.132. The number of rotatable bonds is 1. The minimum atomic E-state index is -0.694. The third-order valence-corrected chi connectivity index (χ3v) is 1.81. The van der Waals surface area contributed by atoms with Crippen LogP contribution in [0.1, 0.15) is 6.92 Å². The van der Waals surface area contributed by atoms with E-state index in [0.29, 0.717) is 5.57 Å². The Bertz CT molecular complexity index is 144. The van der Waals surface area contributed by atoms with Crippen LogP contribution in [0.15, 0.2) is 12.2 Å². The Hall–Kier alpha value is -0.380. The minimum Gasteiger partial charge on any atom is -0.394 e. The molecule has 1 aliphatic rings. The zero-order valence-electron chi connectivity index (χ0n) is 5.95. The Morgan fingerprint density at radius 3 is 2.50 bits per heavy atom. The largest absolute Gasteiger partial charge is 0.394 e. The number of hydrogen-bond acceptors (Lipinski definition) is 3. The molecule has 2 N–H and O–H groups in total. The summed E-state index contributed by atoms with van der Waals surface area (Å²) in [5, 5.41) is 17.9. The summed E-state index contributed by atoms with van der Waals surface area (Å²) in [4.78, 5) is 0. The first-order chi connectivity index (χ1) is 4.66. The molecule has 10 heavy (non-hydrogen) atoms. The predicted octanol–water partition coefficient (Wildman–Crippen LogP) is -0.317. The second kappa shape index (κ2) is 2.70. The summed E-state index contributed by atoms with van der Waals surface area (Å²) >= 11 is 0. The van der Waals surface area contributed by atoms with Gasteiger partial charge in [-0.25, -0.2) is 0 Å². The van der Waals surface area contributed by atoms with Crippen molar-refractivity contribution in [2.75, 3.05) is 6.61 Å². The highest BCUT2D eigenvalue weighted by molar-refractivity contribution is 5.14. The fourth-order valence-electron chi connectivity index (χ4n) is 1.05. The van der Waals surface area contributed by atoms with Gasteiger partial charge in [0.1, 0.15) is 12.2 Å². The average Bonchev–Trinajstić information content (AvgIpc) is 2.17. The van der Waals surface area contributed by atoms with E-state index < -0.39 is 12.2 Å². The fraction of sp³-hybridized carbons (Fsp3) is 0.714. The third kappa shape index (κ3) is 1.08. The van der Waals surface area contributed by atoms with Crippen molar-refractivity contribution in [2.45, 2.75) is 25.2 Å². The molecule has 1 saturated heterocycles. The van der Waals surface area contributed by atoms with Crippen molar-refractivity contribution in [3.63, 3.8) is 0 Å². The first-order valence-electron chi connectivity index (χ1n) is 3.30. The van der Waals surface area contributed by atoms with Crippen molar-refractivity contribution in [2.24, 2.45) is 0 Å². The Balaban J connectivity index is 2.61. The van der Waals surface area contributed by atoms with E-state index in [4.69, 9.17) is 9.84 Å².